The molecule has 0 spiro atoms. The number of halogens is 1. The molecule has 1 aromatic rings. The van der Waals surface area contributed by atoms with Crippen molar-refractivity contribution in [2.24, 2.45) is 4.99 Å². The van der Waals surface area contributed by atoms with Crippen LogP contribution >= 0.6 is 23.5 Å². The number of hydrogen-bond acceptors (Lipinski definition) is 5. The Morgan fingerprint density at radius 1 is 1.55 bits per heavy atom. The fourth-order valence-corrected chi connectivity index (χ4v) is 3.66. The number of aliphatic imine (C=N–C) groups is 1. The molecule has 1 aliphatic heterocycles. The van der Waals surface area contributed by atoms with Crippen LogP contribution in [0.2, 0.25) is 0 Å². The molecule has 1 atom stereocenters. The molecule has 0 radical (unpaired) electrons. The standard InChI is InChI=1S/C14H19FN2OS2/c1-17(6-7-19-2)8-10-9-20-14(16-10)13-11(15)4-3-5-12(13)18/h3-5,10,18H,6-9H2,1-2H3/t10-/m1/s1. The zero-order valence-corrected chi connectivity index (χ0v) is 13.3. The van der Waals surface area contributed by atoms with Crippen molar-refractivity contribution in [2.75, 3.05) is 37.9 Å². The van der Waals surface area contributed by atoms with Crippen LogP contribution in [0.15, 0.2) is 23.2 Å². The van der Waals surface area contributed by atoms with Gasteiger partial charge in [-0.3, -0.25) is 4.99 Å². The third-order valence-corrected chi connectivity index (χ3v) is 4.84. The molecule has 1 aliphatic rings. The summed E-state index contributed by atoms with van der Waals surface area (Å²) < 4.78 is 13.8. The van der Waals surface area contributed by atoms with E-state index in [0.29, 0.717) is 5.04 Å². The molecule has 0 aromatic heterocycles. The SMILES string of the molecule is CSCCN(C)C[C@@H]1CSC(c2c(O)cccc2F)=N1. The zero-order valence-electron chi connectivity index (χ0n) is 11.7. The molecular weight excluding hydrogens is 295 g/mol. The van der Waals surface area contributed by atoms with E-state index < -0.39 is 5.82 Å². The molecule has 1 heterocycles. The largest absolute Gasteiger partial charge is 0.507 e. The van der Waals surface area contributed by atoms with Crippen molar-refractivity contribution in [3.05, 3.63) is 29.6 Å². The van der Waals surface area contributed by atoms with E-state index in [-0.39, 0.29) is 17.4 Å². The second kappa shape index (κ2) is 7.33. The van der Waals surface area contributed by atoms with Crippen molar-refractivity contribution in [1.29, 1.82) is 0 Å². The third-order valence-electron chi connectivity index (χ3n) is 3.12. The molecule has 0 saturated heterocycles. The van der Waals surface area contributed by atoms with Crippen LogP contribution in [0.5, 0.6) is 5.75 Å². The molecule has 1 N–H and O–H groups in total. The van der Waals surface area contributed by atoms with E-state index in [4.69, 9.17) is 0 Å². The van der Waals surface area contributed by atoms with Crippen molar-refractivity contribution in [2.45, 2.75) is 6.04 Å². The second-order valence-corrected chi connectivity index (χ2v) is 6.78. The summed E-state index contributed by atoms with van der Waals surface area (Å²) in [6.07, 6.45) is 2.09. The molecule has 0 unspecified atom stereocenters. The Morgan fingerprint density at radius 2 is 2.35 bits per heavy atom. The Balaban J connectivity index is 2.03. The lowest BCUT2D eigenvalue weighted by atomic mass is 10.2. The summed E-state index contributed by atoms with van der Waals surface area (Å²) in [5.41, 5.74) is 0.242. The van der Waals surface area contributed by atoms with Gasteiger partial charge in [-0.2, -0.15) is 11.8 Å². The van der Waals surface area contributed by atoms with E-state index >= 15 is 0 Å². The van der Waals surface area contributed by atoms with Crippen LogP contribution in [0, 0.1) is 5.82 Å². The topological polar surface area (TPSA) is 35.8 Å². The summed E-state index contributed by atoms with van der Waals surface area (Å²) in [6, 6.07) is 4.53. The predicted octanol–water partition coefficient (Wildman–Crippen LogP) is 2.69. The summed E-state index contributed by atoms with van der Waals surface area (Å²) >= 11 is 3.34. The van der Waals surface area contributed by atoms with Gasteiger partial charge < -0.3 is 10.0 Å². The van der Waals surface area contributed by atoms with Gasteiger partial charge in [-0.05, 0) is 25.4 Å². The highest BCUT2D eigenvalue weighted by Gasteiger charge is 2.24. The highest BCUT2D eigenvalue weighted by Crippen LogP contribution is 2.30. The molecule has 0 fully saturated rings. The lowest BCUT2D eigenvalue weighted by Gasteiger charge is -2.18. The number of benzene rings is 1. The van der Waals surface area contributed by atoms with Gasteiger partial charge in [-0.15, -0.1) is 11.8 Å². The molecule has 1 aromatic carbocycles. The first-order valence-corrected chi connectivity index (χ1v) is 8.85. The van der Waals surface area contributed by atoms with Gasteiger partial charge in [0.05, 0.1) is 11.6 Å². The van der Waals surface area contributed by atoms with Crippen LogP contribution in [-0.2, 0) is 0 Å². The fraction of sp³-hybridized carbons (Fsp3) is 0.500. The van der Waals surface area contributed by atoms with Gasteiger partial charge in [0.1, 0.15) is 16.6 Å². The van der Waals surface area contributed by atoms with Gasteiger partial charge >= 0.3 is 0 Å². The van der Waals surface area contributed by atoms with Crippen molar-refractivity contribution in [3.8, 4) is 5.75 Å². The summed E-state index contributed by atoms with van der Waals surface area (Å²) in [7, 11) is 2.08. The monoisotopic (exact) mass is 314 g/mol. The maximum absolute atomic E-state index is 13.8. The van der Waals surface area contributed by atoms with Crippen LogP contribution in [0.4, 0.5) is 4.39 Å². The Kier molecular flexibility index (Phi) is 5.74. The first-order chi connectivity index (χ1) is 9.61. The lowest BCUT2D eigenvalue weighted by molar-refractivity contribution is 0.340. The number of rotatable bonds is 6. The summed E-state index contributed by atoms with van der Waals surface area (Å²) in [6.45, 7) is 1.89. The van der Waals surface area contributed by atoms with Crippen molar-refractivity contribution < 1.29 is 9.50 Å². The van der Waals surface area contributed by atoms with Crippen LogP contribution < -0.4 is 0 Å². The summed E-state index contributed by atoms with van der Waals surface area (Å²) in [5.74, 6) is 1.49. The molecule has 3 nitrogen and oxygen atoms in total. The van der Waals surface area contributed by atoms with Gasteiger partial charge in [0.15, 0.2) is 0 Å². The van der Waals surface area contributed by atoms with E-state index in [0.717, 1.165) is 24.6 Å². The Hall–Kier alpha value is -0.720. The van der Waals surface area contributed by atoms with Gasteiger partial charge in [0.25, 0.3) is 0 Å². The van der Waals surface area contributed by atoms with Crippen molar-refractivity contribution >= 4 is 28.6 Å². The minimum absolute atomic E-state index is 0.0346. The minimum Gasteiger partial charge on any atom is -0.507 e. The van der Waals surface area contributed by atoms with E-state index in [1.807, 2.05) is 11.8 Å². The van der Waals surface area contributed by atoms with Crippen LogP contribution in [0.1, 0.15) is 5.56 Å². The third kappa shape index (κ3) is 3.90. The van der Waals surface area contributed by atoms with Gasteiger partial charge in [-0.1, -0.05) is 6.07 Å². The molecule has 0 saturated carbocycles. The van der Waals surface area contributed by atoms with Crippen LogP contribution in [-0.4, -0.2) is 59.0 Å². The molecule has 110 valence electrons. The van der Waals surface area contributed by atoms with Crippen LogP contribution in [0.3, 0.4) is 0 Å². The van der Waals surface area contributed by atoms with E-state index in [1.54, 1.807) is 0 Å². The second-order valence-electron chi connectivity index (χ2n) is 4.79. The van der Waals surface area contributed by atoms with E-state index in [2.05, 4.69) is 23.2 Å². The Bertz CT molecular complexity index is 476. The fourth-order valence-electron chi connectivity index (χ4n) is 2.07. The van der Waals surface area contributed by atoms with Crippen molar-refractivity contribution in [3.63, 3.8) is 0 Å². The maximum atomic E-state index is 13.8. The molecule has 0 bridgehead atoms. The minimum atomic E-state index is -0.410. The van der Waals surface area contributed by atoms with Gasteiger partial charge in [0.2, 0.25) is 0 Å². The molecule has 20 heavy (non-hydrogen) atoms. The van der Waals surface area contributed by atoms with Gasteiger partial charge in [0, 0.05) is 24.6 Å². The van der Waals surface area contributed by atoms with Crippen molar-refractivity contribution in [1.82, 2.24) is 4.90 Å². The molecule has 0 amide bonds. The smallest absolute Gasteiger partial charge is 0.136 e. The normalized spacial score (nSPS) is 18.6. The number of hydrogen-bond donors (Lipinski definition) is 1. The first-order valence-electron chi connectivity index (χ1n) is 6.47. The first kappa shape index (κ1) is 15.7. The average Bonchev–Trinajstić information content (AvgIpc) is 2.84. The Morgan fingerprint density at radius 3 is 3.05 bits per heavy atom. The average molecular weight is 314 g/mol. The zero-order chi connectivity index (χ0) is 14.5. The van der Waals surface area contributed by atoms with Crippen LogP contribution in [0.25, 0.3) is 0 Å². The van der Waals surface area contributed by atoms with E-state index in [9.17, 15) is 9.50 Å². The number of aromatic hydroxyl groups is 1. The number of thioether (sulfide) groups is 2. The van der Waals surface area contributed by atoms with E-state index in [1.165, 1.54) is 30.0 Å². The summed E-state index contributed by atoms with van der Waals surface area (Å²) in [4.78, 5) is 6.80. The number of phenolic OH excluding ortho intramolecular Hbond substituents is 1. The molecule has 6 heteroatoms. The quantitative estimate of drug-likeness (QED) is 0.876. The van der Waals surface area contributed by atoms with Gasteiger partial charge in [-0.25, -0.2) is 4.39 Å². The summed E-state index contributed by atoms with van der Waals surface area (Å²) in [5, 5.41) is 10.4. The number of likely N-dealkylation sites (N-methyl/N-ethyl adjacent to an activating group) is 1. The highest BCUT2D eigenvalue weighted by atomic mass is 32.2. The molecule has 0 aliphatic carbocycles. The predicted molar refractivity (Wildman–Crippen MR) is 86.7 cm³/mol. The molecular formula is C14H19FN2OS2. The maximum Gasteiger partial charge on any atom is 0.136 e. The number of nitrogens with zero attached hydrogens (tertiary/aromatic N) is 2. The Labute approximate surface area is 127 Å². The lowest BCUT2D eigenvalue weighted by Crippen LogP contribution is -2.30. The number of phenols is 1. The highest BCUT2D eigenvalue weighted by molar-refractivity contribution is 8.14. The molecule has 2 rings (SSSR count).